The third-order valence-corrected chi connectivity index (χ3v) is 7.71. The minimum atomic E-state index is -0.0891. The van der Waals surface area contributed by atoms with Crippen LogP contribution >= 0.6 is 0 Å². The van der Waals surface area contributed by atoms with Crippen LogP contribution in [0.5, 0.6) is 0 Å². The smallest absolute Gasteiger partial charge is 0.193 e. The molecular weight excluding hydrogens is 484 g/mol. The van der Waals surface area contributed by atoms with Crippen LogP contribution in [-0.2, 0) is 12.8 Å². The van der Waals surface area contributed by atoms with Crippen molar-refractivity contribution in [3.05, 3.63) is 125 Å². The summed E-state index contributed by atoms with van der Waals surface area (Å²) in [7, 11) is 0. The summed E-state index contributed by atoms with van der Waals surface area (Å²) >= 11 is 0. The maximum atomic E-state index is 13.0. The maximum Gasteiger partial charge on any atom is 0.193 e. The van der Waals surface area contributed by atoms with Crippen molar-refractivity contribution in [1.82, 2.24) is 4.98 Å². The molecule has 0 saturated carbocycles. The summed E-state index contributed by atoms with van der Waals surface area (Å²) in [4.78, 5) is 43.5. The van der Waals surface area contributed by atoms with E-state index in [0.717, 1.165) is 30.1 Å². The van der Waals surface area contributed by atoms with Gasteiger partial charge in [-0.15, -0.1) is 0 Å². The number of aromatic nitrogens is 1. The van der Waals surface area contributed by atoms with Gasteiger partial charge >= 0.3 is 0 Å². The van der Waals surface area contributed by atoms with Gasteiger partial charge in [0.1, 0.15) is 0 Å². The second-order valence-electron chi connectivity index (χ2n) is 10.4. The van der Waals surface area contributed by atoms with Crippen LogP contribution in [0.1, 0.15) is 74.1 Å². The van der Waals surface area contributed by atoms with Crippen LogP contribution in [0.25, 0.3) is 0 Å². The molecule has 1 aliphatic heterocycles. The first-order chi connectivity index (χ1) is 19.0. The molecule has 1 fully saturated rings. The number of piperidine rings is 1. The van der Waals surface area contributed by atoms with Crippen molar-refractivity contribution in [3.63, 3.8) is 0 Å². The topological polar surface area (TPSA) is 70.2 Å². The summed E-state index contributed by atoms with van der Waals surface area (Å²) in [5, 5.41) is 0. The van der Waals surface area contributed by atoms with Crippen molar-refractivity contribution in [2.75, 3.05) is 18.0 Å². The number of carbonyl (C=O) groups excluding carboxylic acids is 3. The first-order valence-corrected chi connectivity index (χ1v) is 13.8. The molecule has 0 radical (unpaired) electrons. The summed E-state index contributed by atoms with van der Waals surface area (Å²) in [5.41, 5.74) is 5.33. The van der Waals surface area contributed by atoms with Gasteiger partial charge in [-0.25, -0.2) is 0 Å². The van der Waals surface area contributed by atoms with Gasteiger partial charge in [-0.1, -0.05) is 61.9 Å². The molecule has 5 rings (SSSR count). The van der Waals surface area contributed by atoms with Gasteiger partial charge in [0.25, 0.3) is 0 Å². The lowest BCUT2D eigenvalue weighted by atomic mass is 9.95. The van der Waals surface area contributed by atoms with Crippen LogP contribution in [0.2, 0.25) is 0 Å². The molecule has 0 bridgehead atoms. The number of nitrogens with zero attached hydrogens (tertiary/aromatic N) is 1. The number of rotatable bonds is 10. The number of carbonyl (C=O) groups is 3. The molecule has 5 heteroatoms. The van der Waals surface area contributed by atoms with E-state index >= 15 is 0 Å². The molecule has 0 aliphatic carbocycles. The van der Waals surface area contributed by atoms with Crippen molar-refractivity contribution in [2.24, 2.45) is 5.92 Å². The lowest BCUT2D eigenvalue weighted by molar-refractivity contribution is 0.0982. The Labute approximate surface area is 229 Å². The lowest BCUT2D eigenvalue weighted by Crippen LogP contribution is -2.35. The van der Waals surface area contributed by atoms with Crippen molar-refractivity contribution >= 4 is 23.0 Å². The number of Topliss-reactive ketones (excluding diaryl/α,β-unsaturated/α-hetero) is 2. The number of nitrogens with one attached hydrogen (secondary N) is 1. The van der Waals surface area contributed by atoms with E-state index in [1.54, 1.807) is 42.6 Å². The SMILES string of the molecule is CCC1CCCN(c2ccc(C(=O)Cc3ccc(C(=O)c4ccc(CC(=O)c5ccc[nH]5)cc4)cc3)cc2)C1. The van der Waals surface area contributed by atoms with E-state index in [1.165, 1.54) is 24.9 Å². The second-order valence-corrected chi connectivity index (χ2v) is 10.4. The zero-order chi connectivity index (χ0) is 27.2. The normalized spacial score (nSPS) is 15.2. The fourth-order valence-corrected chi connectivity index (χ4v) is 5.28. The number of benzene rings is 3. The highest BCUT2D eigenvalue weighted by Gasteiger charge is 2.19. The number of anilines is 1. The Bertz CT molecular complexity index is 1420. The molecule has 1 saturated heterocycles. The Morgan fingerprint density at radius 1 is 0.769 bits per heavy atom. The van der Waals surface area contributed by atoms with Gasteiger partial charge in [0.05, 0.1) is 5.69 Å². The molecule has 1 aliphatic rings. The third kappa shape index (κ3) is 6.43. The van der Waals surface area contributed by atoms with E-state index in [4.69, 9.17) is 0 Å². The first-order valence-electron chi connectivity index (χ1n) is 13.8. The zero-order valence-corrected chi connectivity index (χ0v) is 22.4. The monoisotopic (exact) mass is 518 g/mol. The minimum Gasteiger partial charge on any atom is -0.371 e. The van der Waals surface area contributed by atoms with Crippen LogP contribution < -0.4 is 4.90 Å². The van der Waals surface area contributed by atoms with Crippen LogP contribution in [0.3, 0.4) is 0 Å². The fourth-order valence-electron chi connectivity index (χ4n) is 5.28. The Morgan fingerprint density at radius 3 is 1.92 bits per heavy atom. The third-order valence-electron chi connectivity index (χ3n) is 7.71. The maximum absolute atomic E-state index is 13.0. The summed E-state index contributed by atoms with van der Waals surface area (Å²) in [6.45, 7) is 4.42. The van der Waals surface area contributed by atoms with Gasteiger partial charge in [-0.3, -0.25) is 14.4 Å². The van der Waals surface area contributed by atoms with Gasteiger partial charge < -0.3 is 9.88 Å². The number of hydrogen-bond donors (Lipinski definition) is 1. The van der Waals surface area contributed by atoms with Crippen molar-refractivity contribution in [1.29, 1.82) is 0 Å². The Morgan fingerprint density at radius 2 is 1.36 bits per heavy atom. The van der Waals surface area contributed by atoms with Gasteiger partial charge in [-0.05, 0) is 66.3 Å². The second kappa shape index (κ2) is 12.1. The van der Waals surface area contributed by atoms with E-state index in [0.29, 0.717) is 28.8 Å². The van der Waals surface area contributed by atoms with Gasteiger partial charge in [0.15, 0.2) is 17.3 Å². The Hall–Kier alpha value is -4.25. The van der Waals surface area contributed by atoms with E-state index in [-0.39, 0.29) is 23.8 Å². The Balaban J connectivity index is 1.17. The zero-order valence-electron chi connectivity index (χ0n) is 22.4. The Kier molecular flexibility index (Phi) is 8.16. The highest BCUT2D eigenvalue weighted by atomic mass is 16.1. The highest BCUT2D eigenvalue weighted by Crippen LogP contribution is 2.25. The van der Waals surface area contributed by atoms with Crippen LogP contribution in [0.15, 0.2) is 91.1 Å². The molecule has 198 valence electrons. The summed E-state index contributed by atoms with van der Waals surface area (Å²) in [5.74, 6) is 0.733. The molecule has 39 heavy (non-hydrogen) atoms. The predicted molar refractivity (Wildman–Crippen MR) is 155 cm³/mol. The molecule has 5 nitrogen and oxygen atoms in total. The number of ketones is 3. The molecule has 3 aromatic carbocycles. The van der Waals surface area contributed by atoms with Gasteiger partial charge in [0.2, 0.25) is 0 Å². The molecular formula is C34H34N2O3. The number of hydrogen-bond acceptors (Lipinski definition) is 4. The van der Waals surface area contributed by atoms with Crippen LogP contribution in [0.4, 0.5) is 5.69 Å². The molecule has 1 aromatic heterocycles. The number of aromatic amines is 1. The highest BCUT2D eigenvalue weighted by molar-refractivity contribution is 6.09. The van der Waals surface area contributed by atoms with Crippen molar-refractivity contribution in [3.8, 4) is 0 Å². The predicted octanol–water partition coefficient (Wildman–Crippen LogP) is 6.72. The van der Waals surface area contributed by atoms with Crippen LogP contribution in [-0.4, -0.2) is 35.4 Å². The van der Waals surface area contributed by atoms with Gasteiger partial charge in [-0.2, -0.15) is 0 Å². The summed E-state index contributed by atoms with van der Waals surface area (Å²) < 4.78 is 0. The quantitative estimate of drug-likeness (QED) is 0.237. The first kappa shape index (κ1) is 26.4. The molecule has 1 atom stereocenters. The van der Waals surface area contributed by atoms with E-state index in [9.17, 15) is 14.4 Å². The average molecular weight is 519 g/mol. The molecule has 0 spiro atoms. The average Bonchev–Trinajstić information content (AvgIpc) is 3.53. The van der Waals surface area contributed by atoms with Gasteiger partial charge in [0, 0.05) is 54.5 Å². The van der Waals surface area contributed by atoms with Crippen molar-refractivity contribution < 1.29 is 14.4 Å². The van der Waals surface area contributed by atoms with E-state index in [1.807, 2.05) is 36.4 Å². The fraction of sp³-hybridized carbons (Fsp3) is 0.265. The summed E-state index contributed by atoms with van der Waals surface area (Å²) in [6.07, 6.45) is 6.03. The largest absolute Gasteiger partial charge is 0.371 e. The molecule has 1 N–H and O–H groups in total. The van der Waals surface area contributed by atoms with E-state index in [2.05, 4.69) is 28.9 Å². The van der Waals surface area contributed by atoms with Crippen LogP contribution in [0, 0.1) is 5.92 Å². The minimum absolute atomic E-state index is 0.00673. The lowest BCUT2D eigenvalue weighted by Gasteiger charge is -2.34. The standard InChI is InChI=1S/C34H34N2O3/c1-2-24-5-4-20-36(23-24)30-17-15-27(16-18-30)32(37)21-25-7-11-28(12-8-25)34(39)29-13-9-26(10-14-29)22-33(38)31-6-3-19-35-31/h3,6-19,24,35H,2,4-5,20-23H2,1H3. The number of H-pyrrole nitrogens is 1. The molecule has 2 heterocycles. The molecule has 0 amide bonds. The molecule has 1 unspecified atom stereocenters. The van der Waals surface area contributed by atoms with Crippen molar-refractivity contribution in [2.45, 2.75) is 39.0 Å². The molecule has 4 aromatic rings. The summed E-state index contributed by atoms with van der Waals surface area (Å²) in [6, 6.07) is 25.9. The van der Waals surface area contributed by atoms with E-state index < -0.39 is 0 Å².